The molecule has 2 N–H and O–H groups in total. The van der Waals surface area contributed by atoms with Crippen LogP contribution in [0.1, 0.15) is 11.1 Å². The van der Waals surface area contributed by atoms with E-state index in [0.29, 0.717) is 50.9 Å². The molecule has 2 heterocycles. The minimum Gasteiger partial charge on any atom is -0.497 e. The van der Waals surface area contributed by atoms with E-state index in [-0.39, 0.29) is 18.0 Å². The van der Waals surface area contributed by atoms with Crippen LogP contribution in [-0.4, -0.2) is 74.8 Å². The van der Waals surface area contributed by atoms with Gasteiger partial charge in [-0.15, -0.1) is 0 Å². The van der Waals surface area contributed by atoms with E-state index in [1.165, 1.54) is 20.3 Å². The first kappa shape index (κ1) is 28.9. The zero-order valence-corrected chi connectivity index (χ0v) is 24.3. The quantitative estimate of drug-likeness (QED) is 0.323. The highest BCUT2D eigenvalue weighted by molar-refractivity contribution is 5.92. The van der Waals surface area contributed by atoms with Crippen LogP contribution in [0.25, 0.3) is 22.3 Å². The standard InChI is InChI=1S/C31H34FN5O5/c1-18-12-20(30-34-24-15-22(40-4)16-26(41-5)28(24)31(39)35-30)13-19(2)29(18)42-17-27(38)33-21-6-7-25(23(32)14-21)37-10-8-36(3)9-11-37/h6-7,12-16H,8-11,17H2,1-5H3,(H,33,38)(H,34,35,39). The molecule has 0 radical (unpaired) electrons. The van der Waals surface area contributed by atoms with Crippen LogP contribution in [0.2, 0.25) is 0 Å². The zero-order chi connectivity index (χ0) is 30.0. The van der Waals surface area contributed by atoms with Crippen LogP contribution in [0.5, 0.6) is 17.2 Å². The van der Waals surface area contributed by atoms with Crippen molar-refractivity contribution in [2.75, 3.05) is 64.3 Å². The number of benzene rings is 3. The second-order valence-corrected chi connectivity index (χ2v) is 10.4. The number of nitrogens with one attached hydrogen (secondary N) is 2. The van der Waals surface area contributed by atoms with Crippen molar-refractivity contribution in [3.05, 3.63) is 69.8 Å². The van der Waals surface area contributed by atoms with Gasteiger partial charge in [-0.1, -0.05) is 0 Å². The van der Waals surface area contributed by atoms with E-state index in [0.717, 1.165) is 37.3 Å². The van der Waals surface area contributed by atoms with Gasteiger partial charge in [-0.3, -0.25) is 9.59 Å². The molecule has 1 aliphatic rings. The van der Waals surface area contributed by atoms with Gasteiger partial charge in [-0.2, -0.15) is 0 Å². The summed E-state index contributed by atoms with van der Waals surface area (Å²) in [5.41, 5.74) is 3.18. The second kappa shape index (κ2) is 12.1. The number of rotatable bonds is 8. The summed E-state index contributed by atoms with van der Waals surface area (Å²) in [6.07, 6.45) is 0. The molecular formula is C31H34FN5O5. The van der Waals surface area contributed by atoms with Crippen molar-refractivity contribution in [2.24, 2.45) is 0 Å². The number of carbonyl (C=O) groups excluding carboxylic acids is 1. The molecule has 4 aromatic rings. The number of aromatic amines is 1. The third-order valence-corrected chi connectivity index (χ3v) is 7.36. The molecule has 11 heteroatoms. The Kier molecular flexibility index (Phi) is 8.30. The lowest BCUT2D eigenvalue weighted by atomic mass is 10.0. The van der Waals surface area contributed by atoms with Gasteiger partial charge < -0.3 is 34.3 Å². The van der Waals surface area contributed by atoms with Crippen molar-refractivity contribution in [3.8, 4) is 28.6 Å². The van der Waals surface area contributed by atoms with E-state index in [1.54, 1.807) is 24.3 Å². The number of amides is 1. The topological polar surface area (TPSA) is 109 Å². The predicted molar refractivity (Wildman–Crippen MR) is 161 cm³/mol. The van der Waals surface area contributed by atoms with Crippen LogP contribution in [-0.2, 0) is 4.79 Å². The molecule has 0 atom stereocenters. The van der Waals surface area contributed by atoms with Crippen LogP contribution in [0.3, 0.4) is 0 Å². The third-order valence-electron chi connectivity index (χ3n) is 7.36. The smallest absolute Gasteiger partial charge is 0.262 e. The molecule has 0 spiro atoms. The van der Waals surface area contributed by atoms with Crippen LogP contribution in [0.4, 0.5) is 15.8 Å². The van der Waals surface area contributed by atoms with Gasteiger partial charge in [0.15, 0.2) is 6.61 Å². The first-order valence-corrected chi connectivity index (χ1v) is 13.6. The van der Waals surface area contributed by atoms with E-state index in [9.17, 15) is 14.0 Å². The number of carbonyl (C=O) groups is 1. The molecule has 0 unspecified atom stereocenters. The summed E-state index contributed by atoms with van der Waals surface area (Å²) in [4.78, 5) is 37.3. The summed E-state index contributed by atoms with van der Waals surface area (Å²) < 4.78 is 31.4. The van der Waals surface area contributed by atoms with Crippen molar-refractivity contribution in [1.82, 2.24) is 14.9 Å². The Hall–Kier alpha value is -4.64. The van der Waals surface area contributed by atoms with Crippen molar-refractivity contribution in [1.29, 1.82) is 0 Å². The molecule has 0 bridgehead atoms. The fraction of sp³-hybridized carbons (Fsp3) is 0.323. The number of nitrogens with zero attached hydrogens (tertiary/aromatic N) is 3. The van der Waals surface area contributed by atoms with E-state index < -0.39 is 5.91 Å². The normalized spacial score (nSPS) is 13.7. The Morgan fingerprint density at radius 3 is 2.38 bits per heavy atom. The molecule has 5 rings (SSSR count). The number of hydrogen-bond donors (Lipinski definition) is 2. The van der Waals surface area contributed by atoms with Crippen molar-refractivity contribution in [2.45, 2.75) is 13.8 Å². The van der Waals surface area contributed by atoms with Crippen LogP contribution < -0.4 is 30.0 Å². The van der Waals surface area contributed by atoms with Crippen molar-refractivity contribution >= 4 is 28.2 Å². The maximum absolute atomic E-state index is 14.8. The molecule has 10 nitrogen and oxygen atoms in total. The lowest BCUT2D eigenvalue weighted by molar-refractivity contribution is -0.118. The minimum absolute atomic E-state index is 0.256. The molecule has 220 valence electrons. The molecule has 0 aliphatic carbocycles. The number of halogens is 1. The maximum Gasteiger partial charge on any atom is 0.262 e. The summed E-state index contributed by atoms with van der Waals surface area (Å²) in [6.45, 7) is 6.69. The van der Waals surface area contributed by atoms with Gasteiger partial charge in [0.1, 0.15) is 34.3 Å². The predicted octanol–water partition coefficient (Wildman–Crippen LogP) is 4.13. The van der Waals surface area contributed by atoms with Gasteiger partial charge in [-0.25, -0.2) is 9.37 Å². The fourth-order valence-corrected chi connectivity index (χ4v) is 5.16. The summed E-state index contributed by atoms with van der Waals surface area (Å²) >= 11 is 0. The second-order valence-electron chi connectivity index (χ2n) is 10.4. The Morgan fingerprint density at radius 1 is 1.02 bits per heavy atom. The van der Waals surface area contributed by atoms with Gasteiger partial charge in [0, 0.05) is 49.6 Å². The number of piperazine rings is 1. The maximum atomic E-state index is 14.8. The highest BCUT2D eigenvalue weighted by atomic mass is 19.1. The molecule has 1 amide bonds. The van der Waals surface area contributed by atoms with Crippen molar-refractivity contribution in [3.63, 3.8) is 0 Å². The van der Waals surface area contributed by atoms with Gasteiger partial charge in [0.25, 0.3) is 11.5 Å². The number of likely N-dealkylation sites (N-methyl/N-ethyl adjacent to an activating group) is 1. The average molecular weight is 576 g/mol. The Balaban J connectivity index is 1.29. The molecular weight excluding hydrogens is 541 g/mol. The van der Waals surface area contributed by atoms with Crippen molar-refractivity contribution < 1.29 is 23.4 Å². The number of methoxy groups -OCH3 is 2. The van der Waals surface area contributed by atoms with Gasteiger partial charge >= 0.3 is 0 Å². The third kappa shape index (κ3) is 6.01. The van der Waals surface area contributed by atoms with Gasteiger partial charge in [0.05, 0.1) is 25.4 Å². The minimum atomic E-state index is -0.409. The van der Waals surface area contributed by atoms with E-state index in [2.05, 4.69) is 20.2 Å². The Morgan fingerprint density at radius 2 is 1.74 bits per heavy atom. The number of H-pyrrole nitrogens is 1. The average Bonchev–Trinajstić information content (AvgIpc) is 2.96. The first-order chi connectivity index (χ1) is 20.2. The summed E-state index contributed by atoms with van der Waals surface area (Å²) in [6, 6.07) is 11.7. The monoisotopic (exact) mass is 575 g/mol. The zero-order valence-electron chi connectivity index (χ0n) is 24.3. The van der Waals surface area contributed by atoms with Crippen LogP contribution in [0, 0.1) is 19.7 Å². The lowest BCUT2D eigenvalue weighted by Crippen LogP contribution is -2.44. The number of aromatic nitrogens is 2. The Labute approximate surface area is 243 Å². The molecule has 1 fully saturated rings. The van der Waals surface area contributed by atoms with E-state index >= 15 is 0 Å². The largest absolute Gasteiger partial charge is 0.497 e. The number of aryl methyl sites for hydroxylation is 2. The molecule has 1 aliphatic heterocycles. The number of hydrogen-bond acceptors (Lipinski definition) is 8. The van der Waals surface area contributed by atoms with Crippen LogP contribution >= 0.6 is 0 Å². The highest BCUT2D eigenvalue weighted by Crippen LogP contribution is 2.32. The lowest BCUT2D eigenvalue weighted by Gasteiger charge is -2.34. The molecule has 1 aromatic heterocycles. The highest BCUT2D eigenvalue weighted by Gasteiger charge is 2.19. The SMILES string of the molecule is COc1cc(OC)c2c(=O)[nH]c(-c3cc(C)c(OCC(=O)Nc4ccc(N5CCN(C)CC5)c(F)c4)c(C)c3)nc2c1. The van der Waals surface area contributed by atoms with Gasteiger partial charge in [0.2, 0.25) is 0 Å². The summed E-state index contributed by atoms with van der Waals surface area (Å²) in [7, 11) is 5.06. The fourth-order valence-electron chi connectivity index (χ4n) is 5.16. The molecule has 1 saturated heterocycles. The van der Waals surface area contributed by atoms with E-state index in [1.807, 2.05) is 37.9 Å². The molecule has 0 saturated carbocycles. The number of fused-ring (bicyclic) bond motifs is 1. The summed E-state index contributed by atoms with van der Waals surface area (Å²) in [5.74, 6) is 1.02. The summed E-state index contributed by atoms with van der Waals surface area (Å²) in [5, 5.41) is 3.04. The number of ether oxygens (including phenoxy) is 3. The van der Waals surface area contributed by atoms with Gasteiger partial charge in [-0.05, 0) is 62.4 Å². The number of anilines is 2. The molecule has 42 heavy (non-hydrogen) atoms. The van der Waals surface area contributed by atoms with E-state index in [4.69, 9.17) is 14.2 Å². The Bertz CT molecular complexity index is 1670. The first-order valence-electron chi connectivity index (χ1n) is 13.6. The molecule has 3 aromatic carbocycles. The van der Waals surface area contributed by atoms with Crippen LogP contribution in [0.15, 0.2) is 47.3 Å².